The fraction of sp³-hybridized carbons (Fsp3) is 0.721. The normalized spacial score (nSPS) is 22.8. The Hall–Kier alpha value is -2.12. The minimum absolute atomic E-state index is 0.265. The van der Waals surface area contributed by atoms with Crippen LogP contribution in [0.5, 0.6) is 11.5 Å². The molecule has 2 heterocycles. The van der Waals surface area contributed by atoms with Crippen LogP contribution < -0.4 is 0 Å². The molecule has 0 bridgehead atoms. The Balaban J connectivity index is 1.63. The third kappa shape index (κ3) is 9.61. The van der Waals surface area contributed by atoms with Crippen LogP contribution in [0, 0.1) is 11.8 Å². The molecule has 0 amide bonds. The lowest BCUT2D eigenvalue weighted by molar-refractivity contribution is -0.206. The minimum atomic E-state index is -0.442. The predicted octanol–water partition coefficient (Wildman–Crippen LogP) is 11.0. The highest BCUT2D eigenvalue weighted by Crippen LogP contribution is 2.48. The maximum absolute atomic E-state index is 11.8. The molecular weight excluding hydrogens is 612 g/mol. The van der Waals surface area contributed by atoms with E-state index in [0.29, 0.717) is 49.8 Å². The highest BCUT2D eigenvalue weighted by Gasteiger charge is 2.37. The van der Waals surface area contributed by atoms with E-state index in [2.05, 4.69) is 107 Å². The van der Waals surface area contributed by atoms with Crippen LogP contribution in [-0.4, -0.2) is 36.6 Å². The van der Waals surface area contributed by atoms with E-state index in [-0.39, 0.29) is 21.7 Å². The Kier molecular flexibility index (Phi) is 12.7. The van der Waals surface area contributed by atoms with Crippen molar-refractivity contribution in [1.82, 2.24) is 0 Å². The van der Waals surface area contributed by atoms with Gasteiger partial charge in [0.05, 0.1) is 26.4 Å². The van der Waals surface area contributed by atoms with Crippen LogP contribution in [0.2, 0.25) is 0 Å². The third-order valence-corrected chi connectivity index (χ3v) is 10.9. The zero-order valence-electron chi connectivity index (χ0n) is 32.9. The van der Waals surface area contributed by atoms with Crippen molar-refractivity contribution in [2.45, 2.75) is 162 Å². The zero-order valence-corrected chi connectivity index (χ0v) is 32.9. The van der Waals surface area contributed by atoms with E-state index in [1.807, 2.05) is 0 Å². The molecule has 0 spiro atoms. The molecule has 2 fully saturated rings. The number of phenolic OH excluding ortho intramolecular Hbond substituents is 2. The Morgan fingerprint density at radius 1 is 0.531 bits per heavy atom. The van der Waals surface area contributed by atoms with Crippen molar-refractivity contribution in [3.05, 3.63) is 57.6 Å². The summed E-state index contributed by atoms with van der Waals surface area (Å²) in [6.07, 6.45) is 6.38. The van der Waals surface area contributed by atoms with Crippen LogP contribution in [0.4, 0.5) is 0 Å². The van der Waals surface area contributed by atoms with E-state index in [1.54, 1.807) is 0 Å². The molecule has 2 N–H and O–H groups in total. The molecule has 49 heavy (non-hydrogen) atoms. The van der Waals surface area contributed by atoms with Crippen molar-refractivity contribution in [2.24, 2.45) is 11.8 Å². The SMILES string of the molecule is CCCCC1COC(c2cc(C(C)(C)C)c(O)c(C(C)(C)CCC(C)(C)c3cc(C4OCC(CCC)CO4)cc(C(C)(C)C)c3O)c2)OC1. The average Bonchev–Trinajstić information content (AvgIpc) is 3.03. The van der Waals surface area contributed by atoms with Gasteiger partial charge in [0.25, 0.3) is 0 Å². The van der Waals surface area contributed by atoms with E-state index in [0.717, 1.165) is 65.5 Å². The van der Waals surface area contributed by atoms with Crippen LogP contribution in [0.15, 0.2) is 24.3 Å². The molecule has 0 unspecified atom stereocenters. The first-order valence-corrected chi connectivity index (χ1v) is 19.0. The molecule has 276 valence electrons. The summed E-state index contributed by atoms with van der Waals surface area (Å²) in [5.41, 5.74) is 4.27. The molecule has 6 nitrogen and oxygen atoms in total. The molecule has 2 saturated heterocycles. The Morgan fingerprint density at radius 2 is 0.878 bits per heavy atom. The van der Waals surface area contributed by atoms with Crippen molar-refractivity contribution < 1.29 is 29.2 Å². The zero-order chi connectivity index (χ0) is 36.4. The smallest absolute Gasteiger partial charge is 0.183 e. The van der Waals surface area contributed by atoms with Gasteiger partial charge in [-0.3, -0.25) is 0 Å². The van der Waals surface area contributed by atoms with Crippen LogP contribution in [0.1, 0.15) is 174 Å². The summed E-state index contributed by atoms with van der Waals surface area (Å²) in [6.45, 7) is 28.9. The third-order valence-electron chi connectivity index (χ3n) is 10.9. The summed E-state index contributed by atoms with van der Waals surface area (Å²) >= 11 is 0. The van der Waals surface area contributed by atoms with Gasteiger partial charge in [0.15, 0.2) is 12.6 Å². The summed E-state index contributed by atoms with van der Waals surface area (Å²) in [7, 11) is 0. The second-order valence-electron chi connectivity index (χ2n) is 18.4. The highest BCUT2D eigenvalue weighted by molar-refractivity contribution is 5.52. The quantitative estimate of drug-likeness (QED) is 0.232. The number of rotatable bonds is 12. The molecule has 6 heteroatoms. The summed E-state index contributed by atoms with van der Waals surface area (Å²) in [5, 5.41) is 23.6. The van der Waals surface area contributed by atoms with E-state index >= 15 is 0 Å². The lowest BCUT2D eigenvalue weighted by Gasteiger charge is -2.37. The predicted molar refractivity (Wildman–Crippen MR) is 200 cm³/mol. The van der Waals surface area contributed by atoms with Gasteiger partial charge in [-0.2, -0.15) is 0 Å². The monoisotopic (exact) mass is 681 g/mol. The first kappa shape index (κ1) is 39.7. The molecule has 0 aromatic heterocycles. The van der Waals surface area contributed by atoms with E-state index in [9.17, 15) is 10.2 Å². The van der Waals surface area contributed by atoms with Crippen LogP contribution in [0.3, 0.4) is 0 Å². The van der Waals surface area contributed by atoms with Crippen molar-refractivity contribution in [3.63, 3.8) is 0 Å². The van der Waals surface area contributed by atoms with Crippen molar-refractivity contribution >= 4 is 0 Å². The lowest BCUT2D eigenvalue weighted by atomic mass is 9.70. The second kappa shape index (κ2) is 15.6. The van der Waals surface area contributed by atoms with Crippen molar-refractivity contribution in [1.29, 1.82) is 0 Å². The number of aromatic hydroxyl groups is 2. The number of hydrogen-bond acceptors (Lipinski definition) is 6. The maximum atomic E-state index is 11.8. The van der Waals surface area contributed by atoms with Crippen molar-refractivity contribution in [2.75, 3.05) is 26.4 Å². The molecule has 2 aromatic carbocycles. The number of benzene rings is 2. The van der Waals surface area contributed by atoms with E-state index < -0.39 is 12.6 Å². The fourth-order valence-corrected chi connectivity index (χ4v) is 7.36. The molecular formula is C43H68O6. The lowest BCUT2D eigenvalue weighted by Crippen LogP contribution is -2.29. The average molecular weight is 681 g/mol. The van der Waals surface area contributed by atoms with Crippen LogP contribution in [-0.2, 0) is 40.6 Å². The number of ether oxygens (including phenoxy) is 4. The number of phenols is 2. The first-order valence-electron chi connectivity index (χ1n) is 19.0. The topological polar surface area (TPSA) is 77.4 Å². The first-order chi connectivity index (χ1) is 22.8. The van der Waals surface area contributed by atoms with E-state index in [4.69, 9.17) is 18.9 Å². The van der Waals surface area contributed by atoms with Gasteiger partial charge in [0.1, 0.15) is 11.5 Å². The molecule has 0 atom stereocenters. The molecule has 0 saturated carbocycles. The summed E-state index contributed by atoms with van der Waals surface area (Å²) in [6, 6.07) is 8.35. The molecule has 0 radical (unpaired) electrons. The second-order valence-corrected chi connectivity index (χ2v) is 18.4. The molecule has 2 aliphatic rings. The van der Waals surface area contributed by atoms with Gasteiger partial charge in [0, 0.05) is 34.1 Å². The minimum Gasteiger partial charge on any atom is -0.507 e. The molecule has 4 rings (SSSR count). The van der Waals surface area contributed by atoms with Gasteiger partial charge < -0.3 is 29.2 Å². The van der Waals surface area contributed by atoms with Gasteiger partial charge in [-0.1, -0.05) is 102 Å². The highest BCUT2D eigenvalue weighted by atomic mass is 16.7. The maximum Gasteiger partial charge on any atom is 0.183 e. The summed E-state index contributed by atoms with van der Waals surface area (Å²) in [4.78, 5) is 0. The number of unbranched alkanes of at least 4 members (excludes halogenated alkanes) is 1. The Morgan fingerprint density at radius 3 is 1.20 bits per heavy atom. The Labute approximate surface area is 298 Å². The fourth-order valence-electron chi connectivity index (χ4n) is 7.36. The standard InChI is InChI=1S/C43H68O6/c1-13-15-17-29-26-48-39(49-27-29)31-21-33(41(6,7)8)37(45)35(23-31)43(11,12)19-18-42(9,10)34-22-30(20-32(36(34)44)40(3,4)5)38-46-24-28(16-14-2)25-47-38/h20-23,28-29,38-39,44-45H,13-19,24-27H2,1-12H3. The van der Waals surface area contributed by atoms with Gasteiger partial charge in [-0.15, -0.1) is 0 Å². The van der Waals surface area contributed by atoms with Gasteiger partial charge in [0.2, 0.25) is 0 Å². The summed E-state index contributed by atoms with van der Waals surface area (Å²) < 4.78 is 25.1. The molecule has 0 aliphatic carbocycles. The summed E-state index contributed by atoms with van der Waals surface area (Å²) in [5.74, 6) is 1.55. The largest absolute Gasteiger partial charge is 0.507 e. The Bertz CT molecular complexity index is 1380. The van der Waals surface area contributed by atoms with E-state index in [1.165, 1.54) is 12.8 Å². The van der Waals surface area contributed by atoms with Crippen molar-refractivity contribution in [3.8, 4) is 11.5 Å². The van der Waals surface area contributed by atoms with Gasteiger partial charge in [-0.05, 0) is 82.7 Å². The molecule has 2 aliphatic heterocycles. The van der Waals surface area contributed by atoms with Gasteiger partial charge >= 0.3 is 0 Å². The van der Waals surface area contributed by atoms with Crippen LogP contribution in [0.25, 0.3) is 0 Å². The van der Waals surface area contributed by atoms with Crippen LogP contribution >= 0.6 is 0 Å². The number of hydrogen-bond donors (Lipinski definition) is 2. The molecule has 2 aromatic rings. The van der Waals surface area contributed by atoms with Gasteiger partial charge in [-0.25, -0.2) is 0 Å².